The summed E-state index contributed by atoms with van der Waals surface area (Å²) in [7, 11) is 0. The van der Waals surface area contributed by atoms with E-state index in [0.29, 0.717) is 11.3 Å². The molecule has 0 saturated heterocycles. The Morgan fingerprint density at radius 2 is 1.95 bits per heavy atom. The van der Waals surface area contributed by atoms with E-state index in [2.05, 4.69) is 24.4 Å². The lowest BCUT2D eigenvalue weighted by atomic mass is 10.1. The highest BCUT2D eigenvalue weighted by Gasteiger charge is 2.24. The van der Waals surface area contributed by atoms with E-state index in [4.69, 9.17) is 5.26 Å². The van der Waals surface area contributed by atoms with E-state index < -0.39 is 0 Å². The van der Waals surface area contributed by atoms with Crippen molar-refractivity contribution in [3.8, 4) is 6.07 Å². The molecule has 1 amide bonds. The van der Waals surface area contributed by atoms with Crippen molar-refractivity contribution in [3.05, 3.63) is 59.4 Å². The van der Waals surface area contributed by atoms with Gasteiger partial charge < -0.3 is 5.32 Å². The molecule has 2 rings (SSSR count). The Labute approximate surface area is 131 Å². The fourth-order valence-corrected chi connectivity index (χ4v) is 2.26. The quantitative estimate of drug-likeness (QED) is 0.881. The van der Waals surface area contributed by atoms with Crippen LogP contribution >= 0.6 is 0 Å². The molecule has 0 radical (unpaired) electrons. The van der Waals surface area contributed by atoms with Crippen LogP contribution in [0.1, 0.15) is 36.7 Å². The number of anilines is 1. The van der Waals surface area contributed by atoms with E-state index in [1.165, 1.54) is 5.56 Å². The van der Waals surface area contributed by atoms with Crippen molar-refractivity contribution in [2.45, 2.75) is 33.2 Å². The average molecular weight is 294 g/mol. The van der Waals surface area contributed by atoms with Crippen LogP contribution in [0.3, 0.4) is 0 Å². The maximum Gasteiger partial charge on any atom is 0.293 e. The predicted octanol–water partition coefficient (Wildman–Crippen LogP) is 2.92. The molecule has 0 fully saturated rings. The number of carbonyl (C=O) groups excluding carboxylic acids is 1. The van der Waals surface area contributed by atoms with Gasteiger partial charge in [-0.3, -0.25) is 4.79 Å². The van der Waals surface area contributed by atoms with Crippen LogP contribution in [-0.2, 0) is 11.2 Å². The van der Waals surface area contributed by atoms with Gasteiger partial charge in [0.05, 0.1) is 11.6 Å². The lowest BCUT2D eigenvalue weighted by Gasteiger charge is -2.11. The maximum absolute atomic E-state index is 12.4. The fourth-order valence-electron chi connectivity index (χ4n) is 2.26. The molecule has 0 aliphatic heterocycles. The molecular weight excluding hydrogens is 274 g/mol. The molecule has 0 aliphatic carbocycles. The molecule has 22 heavy (non-hydrogen) atoms. The molecule has 0 saturated carbocycles. The van der Waals surface area contributed by atoms with Crippen molar-refractivity contribution in [2.75, 3.05) is 5.32 Å². The average Bonchev–Trinajstić information content (AvgIpc) is 2.55. The molecule has 0 spiro atoms. The monoisotopic (exact) mass is 294 g/mol. The minimum Gasteiger partial charge on any atom is -0.320 e. The first-order chi connectivity index (χ1) is 10.5. The van der Waals surface area contributed by atoms with Crippen LogP contribution in [0, 0.1) is 18.3 Å². The summed E-state index contributed by atoms with van der Waals surface area (Å²) in [6, 6.07) is 12.7. The second kappa shape index (κ2) is 6.86. The maximum atomic E-state index is 12.4. The molecule has 1 N–H and O–H groups in total. The van der Waals surface area contributed by atoms with Gasteiger partial charge in [-0.2, -0.15) is 9.83 Å². The Morgan fingerprint density at radius 3 is 2.55 bits per heavy atom. The van der Waals surface area contributed by atoms with Crippen LogP contribution in [-0.4, -0.2) is 5.91 Å². The third-order valence-corrected chi connectivity index (χ3v) is 3.74. The summed E-state index contributed by atoms with van der Waals surface area (Å²) in [5, 5.41) is 11.7. The molecule has 112 valence electrons. The number of nitriles is 1. The van der Waals surface area contributed by atoms with Crippen molar-refractivity contribution in [2.24, 2.45) is 0 Å². The second-order valence-electron chi connectivity index (χ2n) is 5.29. The van der Waals surface area contributed by atoms with E-state index in [1.54, 1.807) is 24.3 Å². The lowest BCUT2D eigenvalue weighted by molar-refractivity contribution is -0.711. The Morgan fingerprint density at radius 1 is 1.27 bits per heavy atom. The van der Waals surface area contributed by atoms with E-state index in [9.17, 15) is 4.79 Å². The number of aromatic nitrogens is 1. The minimum atomic E-state index is -0.304. The van der Waals surface area contributed by atoms with Crippen LogP contribution in [0.5, 0.6) is 0 Å². The summed E-state index contributed by atoms with van der Waals surface area (Å²) >= 11 is 0. The molecule has 0 unspecified atom stereocenters. The van der Waals surface area contributed by atoms with Gasteiger partial charge in [0.1, 0.15) is 0 Å². The van der Waals surface area contributed by atoms with Crippen molar-refractivity contribution < 1.29 is 9.36 Å². The molecule has 0 aliphatic rings. The van der Waals surface area contributed by atoms with Crippen LogP contribution in [0.15, 0.2) is 42.6 Å². The number of nitrogens with one attached hydrogen (secondary N) is 1. The van der Waals surface area contributed by atoms with Gasteiger partial charge in [0, 0.05) is 31.2 Å². The third-order valence-electron chi connectivity index (χ3n) is 3.74. The summed E-state index contributed by atoms with van der Waals surface area (Å²) in [5.41, 5.74) is 3.51. The van der Waals surface area contributed by atoms with Crippen LogP contribution < -0.4 is 9.88 Å². The predicted molar refractivity (Wildman–Crippen MR) is 85.2 cm³/mol. The number of amides is 1. The molecule has 1 heterocycles. The topological polar surface area (TPSA) is 56.8 Å². The Kier molecular flexibility index (Phi) is 4.90. The summed E-state index contributed by atoms with van der Waals surface area (Å²) in [6.07, 6.45) is 2.96. The molecule has 1 atom stereocenters. The smallest absolute Gasteiger partial charge is 0.293 e. The first-order valence-electron chi connectivity index (χ1n) is 7.37. The van der Waals surface area contributed by atoms with Crippen molar-refractivity contribution in [1.82, 2.24) is 0 Å². The van der Waals surface area contributed by atoms with E-state index in [0.717, 1.165) is 12.1 Å². The zero-order chi connectivity index (χ0) is 16.1. The van der Waals surface area contributed by atoms with Crippen LogP contribution in [0.25, 0.3) is 0 Å². The number of rotatable bonds is 4. The van der Waals surface area contributed by atoms with Gasteiger partial charge in [-0.1, -0.05) is 6.92 Å². The number of hydrogen-bond acceptors (Lipinski definition) is 2. The van der Waals surface area contributed by atoms with E-state index in [-0.39, 0.29) is 11.9 Å². The Bertz CT molecular complexity index is 714. The van der Waals surface area contributed by atoms with Gasteiger partial charge in [-0.25, -0.2) is 0 Å². The van der Waals surface area contributed by atoms with Gasteiger partial charge in [-0.05, 0) is 36.8 Å². The third kappa shape index (κ3) is 3.50. The van der Waals surface area contributed by atoms with Gasteiger partial charge in [0.2, 0.25) is 6.04 Å². The SMILES string of the molecule is CCc1ccc(C)[n+]([C@H](C)C(=O)Nc2ccc(C#N)cc2)c1. The van der Waals surface area contributed by atoms with E-state index in [1.807, 2.05) is 30.7 Å². The van der Waals surface area contributed by atoms with Gasteiger partial charge in [-0.15, -0.1) is 0 Å². The Balaban J connectivity index is 2.16. The first kappa shape index (κ1) is 15.7. The largest absolute Gasteiger partial charge is 0.320 e. The fraction of sp³-hybridized carbons (Fsp3) is 0.278. The summed E-state index contributed by atoms with van der Waals surface area (Å²) in [6.45, 7) is 5.97. The zero-order valence-electron chi connectivity index (χ0n) is 13.1. The second-order valence-corrected chi connectivity index (χ2v) is 5.29. The van der Waals surface area contributed by atoms with Gasteiger partial charge in [0.25, 0.3) is 5.91 Å². The molecular formula is C18H20N3O+. The zero-order valence-corrected chi connectivity index (χ0v) is 13.1. The van der Waals surface area contributed by atoms with Crippen molar-refractivity contribution in [3.63, 3.8) is 0 Å². The molecule has 2 aromatic rings. The lowest BCUT2D eigenvalue weighted by Crippen LogP contribution is -2.47. The molecule has 1 aromatic heterocycles. The molecule has 0 bridgehead atoms. The highest BCUT2D eigenvalue weighted by atomic mass is 16.2. The Hall–Kier alpha value is -2.67. The number of hydrogen-bond donors (Lipinski definition) is 1. The van der Waals surface area contributed by atoms with Crippen LogP contribution in [0.2, 0.25) is 0 Å². The normalized spacial score (nSPS) is 11.5. The highest BCUT2D eigenvalue weighted by molar-refractivity contribution is 5.92. The standard InChI is InChI=1S/C18H19N3O/c1-4-15-6-5-13(2)21(12-15)14(3)18(22)20-17-9-7-16(11-19)8-10-17/h5-10,12,14H,4H2,1-3H3/p+1/t14-/m1/s1. The van der Waals surface area contributed by atoms with Crippen molar-refractivity contribution >= 4 is 11.6 Å². The molecule has 4 heteroatoms. The van der Waals surface area contributed by atoms with Gasteiger partial charge in [0.15, 0.2) is 11.9 Å². The highest BCUT2D eigenvalue weighted by Crippen LogP contribution is 2.11. The number of aryl methyl sites for hydroxylation is 2. The van der Waals surface area contributed by atoms with E-state index >= 15 is 0 Å². The minimum absolute atomic E-state index is 0.0777. The summed E-state index contributed by atoms with van der Waals surface area (Å²) in [5.74, 6) is -0.0777. The van der Waals surface area contributed by atoms with Gasteiger partial charge >= 0.3 is 0 Å². The number of carbonyl (C=O) groups is 1. The number of benzene rings is 1. The summed E-state index contributed by atoms with van der Waals surface area (Å²) in [4.78, 5) is 12.4. The molecule has 4 nitrogen and oxygen atoms in total. The first-order valence-corrected chi connectivity index (χ1v) is 7.37. The summed E-state index contributed by atoms with van der Waals surface area (Å²) < 4.78 is 1.98. The number of pyridine rings is 1. The van der Waals surface area contributed by atoms with Crippen LogP contribution in [0.4, 0.5) is 5.69 Å². The van der Waals surface area contributed by atoms with Crippen molar-refractivity contribution in [1.29, 1.82) is 5.26 Å². The number of nitrogens with zero attached hydrogens (tertiary/aromatic N) is 2. The molecule has 1 aromatic carbocycles.